The van der Waals surface area contributed by atoms with Crippen LogP contribution in [0.25, 0.3) is 0 Å². The number of ether oxygens (including phenoxy) is 1. The van der Waals surface area contributed by atoms with Crippen LogP contribution < -0.4 is 5.32 Å². The van der Waals surface area contributed by atoms with E-state index in [9.17, 15) is 4.79 Å². The summed E-state index contributed by atoms with van der Waals surface area (Å²) in [5.41, 5.74) is -0.488. The van der Waals surface area contributed by atoms with E-state index in [1.165, 1.54) is 17.9 Å². The van der Waals surface area contributed by atoms with Gasteiger partial charge in [-0.3, -0.25) is 4.84 Å². The van der Waals surface area contributed by atoms with Crippen molar-refractivity contribution in [2.45, 2.75) is 51.7 Å². The summed E-state index contributed by atoms with van der Waals surface area (Å²) in [6.45, 7) is 7.05. The molecule has 1 aliphatic rings. The number of hydroxylamine groups is 2. The zero-order valence-corrected chi connectivity index (χ0v) is 11.3. The number of hydrogen-bond acceptors (Lipinski definition) is 4. The molecule has 0 spiro atoms. The Bertz CT molecular complexity index is 245. The van der Waals surface area contributed by atoms with Gasteiger partial charge in [0.25, 0.3) is 0 Å². The van der Waals surface area contributed by atoms with Gasteiger partial charge in [0.2, 0.25) is 0 Å². The van der Waals surface area contributed by atoms with Gasteiger partial charge in [-0.1, -0.05) is 6.42 Å². The van der Waals surface area contributed by atoms with Crippen molar-refractivity contribution >= 4 is 6.09 Å². The quantitative estimate of drug-likeness (QED) is 0.771. The summed E-state index contributed by atoms with van der Waals surface area (Å²) >= 11 is 0. The van der Waals surface area contributed by atoms with Crippen LogP contribution in [0.3, 0.4) is 0 Å². The highest BCUT2D eigenvalue weighted by Gasteiger charge is 2.21. The number of nitrogens with zero attached hydrogens (tertiary/aromatic N) is 1. The van der Waals surface area contributed by atoms with Gasteiger partial charge in [0.05, 0.1) is 6.61 Å². The highest BCUT2D eigenvalue weighted by atomic mass is 16.7. The molecule has 0 aromatic rings. The van der Waals surface area contributed by atoms with Gasteiger partial charge >= 0.3 is 6.09 Å². The first-order valence-corrected chi connectivity index (χ1v) is 6.21. The Morgan fingerprint density at radius 1 is 1.41 bits per heavy atom. The number of carbonyl (C=O) groups excluding carboxylic acids is 1. The number of nitrogens with one attached hydrogen (secondary N) is 1. The molecule has 0 radical (unpaired) electrons. The van der Waals surface area contributed by atoms with Crippen molar-refractivity contribution < 1.29 is 14.4 Å². The van der Waals surface area contributed by atoms with Crippen molar-refractivity contribution in [3.63, 3.8) is 0 Å². The maximum atomic E-state index is 11.6. The van der Waals surface area contributed by atoms with Gasteiger partial charge in [-0.05, 0) is 40.2 Å². The molecule has 1 saturated heterocycles. The fourth-order valence-electron chi connectivity index (χ4n) is 1.65. The molecule has 1 unspecified atom stereocenters. The molecule has 0 aromatic carbocycles. The minimum Gasteiger partial charge on any atom is -0.442 e. The molecule has 0 saturated carbocycles. The SMILES string of the molecule is CN(OCC1CCCCN1)C(=O)OC(C)(C)C. The van der Waals surface area contributed by atoms with Gasteiger partial charge < -0.3 is 10.1 Å². The van der Waals surface area contributed by atoms with E-state index in [-0.39, 0.29) is 0 Å². The van der Waals surface area contributed by atoms with Gasteiger partial charge in [-0.15, -0.1) is 0 Å². The Kier molecular flexibility index (Phi) is 5.21. The van der Waals surface area contributed by atoms with Crippen LogP contribution in [0, 0.1) is 0 Å². The Balaban J connectivity index is 2.23. The van der Waals surface area contributed by atoms with E-state index in [0.717, 1.165) is 13.0 Å². The largest absolute Gasteiger partial charge is 0.442 e. The van der Waals surface area contributed by atoms with Crippen molar-refractivity contribution in [3.05, 3.63) is 0 Å². The minimum atomic E-state index is -0.488. The Morgan fingerprint density at radius 3 is 2.65 bits per heavy atom. The van der Waals surface area contributed by atoms with E-state index in [2.05, 4.69) is 5.32 Å². The van der Waals surface area contributed by atoms with Crippen LogP contribution in [0.1, 0.15) is 40.0 Å². The van der Waals surface area contributed by atoms with Gasteiger partial charge in [0.1, 0.15) is 5.60 Å². The fraction of sp³-hybridized carbons (Fsp3) is 0.917. The molecular weight excluding hydrogens is 220 g/mol. The standard InChI is InChI=1S/C12H24N2O3/c1-12(2,3)17-11(15)14(4)16-9-10-7-5-6-8-13-10/h10,13H,5-9H2,1-4H3. The Hall–Kier alpha value is -0.810. The van der Waals surface area contributed by atoms with Gasteiger partial charge in [-0.2, -0.15) is 5.06 Å². The lowest BCUT2D eigenvalue weighted by atomic mass is 10.1. The van der Waals surface area contributed by atoms with Crippen LogP contribution in [0.4, 0.5) is 4.79 Å². The predicted molar refractivity (Wildman–Crippen MR) is 65.6 cm³/mol. The lowest BCUT2D eigenvalue weighted by molar-refractivity contribution is -0.137. The van der Waals surface area contributed by atoms with E-state index in [4.69, 9.17) is 9.57 Å². The van der Waals surface area contributed by atoms with Crippen LogP contribution in [-0.2, 0) is 9.57 Å². The second-order valence-corrected chi connectivity index (χ2v) is 5.42. The number of hydrogen-bond donors (Lipinski definition) is 1. The molecule has 5 heteroatoms. The van der Waals surface area contributed by atoms with Gasteiger partial charge in [0.15, 0.2) is 0 Å². The Labute approximate surface area is 103 Å². The van der Waals surface area contributed by atoms with Crippen molar-refractivity contribution in [1.29, 1.82) is 0 Å². The molecule has 5 nitrogen and oxygen atoms in total. The lowest BCUT2D eigenvalue weighted by Crippen LogP contribution is -2.41. The average molecular weight is 244 g/mol. The average Bonchev–Trinajstić information content (AvgIpc) is 2.25. The monoisotopic (exact) mass is 244 g/mol. The van der Waals surface area contributed by atoms with E-state index in [1.54, 1.807) is 7.05 Å². The summed E-state index contributed by atoms with van der Waals surface area (Å²) in [6, 6.07) is 0.341. The van der Waals surface area contributed by atoms with Gasteiger partial charge in [0, 0.05) is 13.1 Å². The van der Waals surface area contributed by atoms with Gasteiger partial charge in [-0.25, -0.2) is 4.79 Å². The topological polar surface area (TPSA) is 50.8 Å². The molecule has 1 amide bonds. The molecule has 1 fully saturated rings. The first-order valence-electron chi connectivity index (χ1n) is 6.21. The summed E-state index contributed by atoms with van der Waals surface area (Å²) in [5.74, 6) is 0. The van der Waals surface area contributed by atoms with E-state index >= 15 is 0 Å². The molecule has 100 valence electrons. The van der Waals surface area contributed by atoms with Crippen LogP contribution >= 0.6 is 0 Å². The summed E-state index contributed by atoms with van der Waals surface area (Å²) in [4.78, 5) is 17.0. The minimum absolute atomic E-state index is 0.341. The van der Waals surface area contributed by atoms with Crippen molar-refractivity contribution in [2.75, 3.05) is 20.2 Å². The molecule has 0 bridgehead atoms. The second-order valence-electron chi connectivity index (χ2n) is 5.42. The lowest BCUT2D eigenvalue weighted by Gasteiger charge is -2.27. The number of amides is 1. The summed E-state index contributed by atoms with van der Waals surface area (Å²) in [6.07, 6.45) is 3.09. The van der Waals surface area contributed by atoms with Crippen LogP contribution in [-0.4, -0.2) is 43.0 Å². The third-order valence-electron chi connectivity index (χ3n) is 2.53. The number of piperidine rings is 1. The zero-order valence-electron chi connectivity index (χ0n) is 11.3. The van der Waals surface area contributed by atoms with Crippen LogP contribution in [0.2, 0.25) is 0 Å². The maximum absolute atomic E-state index is 11.6. The van der Waals surface area contributed by atoms with E-state index in [1.807, 2.05) is 20.8 Å². The van der Waals surface area contributed by atoms with Crippen molar-refractivity contribution in [2.24, 2.45) is 0 Å². The van der Waals surface area contributed by atoms with Crippen molar-refractivity contribution in [1.82, 2.24) is 10.4 Å². The molecule has 0 aliphatic carbocycles. The Morgan fingerprint density at radius 2 is 2.12 bits per heavy atom. The van der Waals surface area contributed by atoms with Crippen LogP contribution in [0.5, 0.6) is 0 Å². The third-order valence-corrected chi connectivity index (χ3v) is 2.53. The molecule has 0 aromatic heterocycles. The molecule has 17 heavy (non-hydrogen) atoms. The third kappa shape index (κ3) is 5.89. The highest BCUT2D eigenvalue weighted by molar-refractivity contribution is 5.66. The smallest absolute Gasteiger partial charge is 0.434 e. The molecule has 1 rings (SSSR count). The summed E-state index contributed by atoms with van der Waals surface area (Å²) < 4.78 is 5.18. The first kappa shape index (κ1) is 14.3. The first-order chi connectivity index (χ1) is 7.88. The maximum Gasteiger partial charge on any atom is 0.434 e. The van der Waals surface area contributed by atoms with Crippen molar-refractivity contribution in [3.8, 4) is 0 Å². The van der Waals surface area contributed by atoms with E-state index < -0.39 is 11.7 Å². The zero-order chi connectivity index (χ0) is 12.9. The summed E-state index contributed by atoms with van der Waals surface area (Å²) in [5, 5.41) is 4.53. The van der Waals surface area contributed by atoms with Crippen LogP contribution in [0.15, 0.2) is 0 Å². The van der Waals surface area contributed by atoms with E-state index in [0.29, 0.717) is 12.6 Å². The highest BCUT2D eigenvalue weighted by Crippen LogP contribution is 2.11. The molecule has 1 N–H and O–H groups in total. The summed E-state index contributed by atoms with van der Waals surface area (Å²) in [7, 11) is 1.58. The molecular formula is C12H24N2O3. The molecule has 1 aliphatic heterocycles. The molecule has 1 heterocycles. The number of carbonyl (C=O) groups is 1. The molecule has 1 atom stereocenters. The number of rotatable bonds is 3. The fourth-order valence-corrected chi connectivity index (χ4v) is 1.65. The predicted octanol–water partition coefficient (Wildman–Crippen LogP) is 1.93. The normalized spacial score (nSPS) is 21.1. The second kappa shape index (κ2) is 6.21.